The molecule has 0 aliphatic carbocycles. The minimum atomic E-state index is 0.649. The molecule has 0 saturated carbocycles. The van der Waals surface area contributed by atoms with E-state index in [0.717, 1.165) is 13.0 Å². The fourth-order valence-electron chi connectivity index (χ4n) is 0.438. The van der Waals surface area contributed by atoms with Crippen LogP contribution in [0.5, 0.6) is 0 Å². The summed E-state index contributed by atoms with van der Waals surface area (Å²) in [5.41, 5.74) is 0. The number of rotatable bonds is 3. The van der Waals surface area contributed by atoms with Crippen molar-refractivity contribution >= 4 is 17.3 Å². The van der Waals surface area contributed by atoms with Gasteiger partial charge in [-0.1, -0.05) is 13.8 Å². The van der Waals surface area contributed by atoms with Gasteiger partial charge in [-0.2, -0.15) is 0 Å². The molecule has 1 nitrogen and oxygen atoms in total. The van der Waals surface area contributed by atoms with Crippen molar-refractivity contribution in [2.45, 2.75) is 27.2 Å². The minimum Gasteiger partial charge on any atom is -0.487 e. The van der Waals surface area contributed by atoms with E-state index in [4.69, 9.17) is 17.0 Å². The molecule has 9 heavy (non-hydrogen) atoms. The van der Waals surface area contributed by atoms with Crippen molar-refractivity contribution in [1.82, 2.24) is 0 Å². The summed E-state index contributed by atoms with van der Waals surface area (Å²) in [6, 6.07) is 0. The van der Waals surface area contributed by atoms with E-state index >= 15 is 0 Å². The van der Waals surface area contributed by atoms with Gasteiger partial charge in [-0.3, -0.25) is 0 Å². The summed E-state index contributed by atoms with van der Waals surface area (Å²) in [4.78, 5) is 0. The zero-order chi connectivity index (χ0) is 7.28. The van der Waals surface area contributed by atoms with Crippen LogP contribution in [-0.2, 0) is 4.74 Å². The summed E-state index contributed by atoms with van der Waals surface area (Å²) < 4.78 is 5.08. The Labute approximate surface area is 62.4 Å². The van der Waals surface area contributed by atoms with Crippen LogP contribution in [0.1, 0.15) is 27.2 Å². The molecular formula is C7H14OS. The maximum Gasteiger partial charge on any atom is 0.156 e. The molecule has 0 N–H and O–H groups in total. The van der Waals surface area contributed by atoms with Crippen LogP contribution < -0.4 is 0 Å². The van der Waals surface area contributed by atoms with Crippen molar-refractivity contribution < 1.29 is 4.74 Å². The molecule has 2 heteroatoms. The molecule has 0 aromatic rings. The molecule has 0 fully saturated rings. The highest BCUT2D eigenvalue weighted by Gasteiger charge is 1.93. The van der Waals surface area contributed by atoms with Crippen LogP contribution >= 0.6 is 12.2 Å². The highest BCUT2D eigenvalue weighted by atomic mass is 32.1. The van der Waals surface area contributed by atoms with Gasteiger partial charge in [-0.25, -0.2) is 0 Å². The number of ether oxygens (including phenoxy) is 1. The van der Waals surface area contributed by atoms with Crippen LogP contribution in [0.2, 0.25) is 0 Å². The van der Waals surface area contributed by atoms with E-state index < -0.39 is 0 Å². The highest BCUT2D eigenvalue weighted by Crippen LogP contribution is 1.98. The van der Waals surface area contributed by atoms with Gasteiger partial charge in [0.25, 0.3) is 0 Å². The van der Waals surface area contributed by atoms with E-state index in [9.17, 15) is 0 Å². The lowest BCUT2D eigenvalue weighted by Gasteiger charge is -2.04. The Kier molecular flexibility index (Phi) is 4.68. The lowest BCUT2D eigenvalue weighted by Crippen LogP contribution is -2.01. The molecule has 0 radical (unpaired) electrons. The van der Waals surface area contributed by atoms with Crippen LogP contribution in [0, 0.1) is 5.92 Å². The van der Waals surface area contributed by atoms with Gasteiger partial charge in [0.05, 0.1) is 6.61 Å². The summed E-state index contributed by atoms with van der Waals surface area (Å²) in [6.45, 7) is 6.91. The number of thiocarbonyl (C=S) groups is 1. The van der Waals surface area contributed by atoms with Crippen molar-refractivity contribution in [3.63, 3.8) is 0 Å². The first-order valence-electron chi connectivity index (χ1n) is 3.26. The Morgan fingerprint density at radius 2 is 2.11 bits per heavy atom. The quantitative estimate of drug-likeness (QED) is 0.565. The third-order valence-electron chi connectivity index (χ3n) is 1.00. The van der Waals surface area contributed by atoms with Crippen molar-refractivity contribution in [2.24, 2.45) is 5.92 Å². The summed E-state index contributed by atoms with van der Waals surface area (Å²) in [5, 5.41) is 0.649. The van der Waals surface area contributed by atoms with Gasteiger partial charge in [-0.15, -0.1) is 0 Å². The predicted molar refractivity (Wildman–Crippen MR) is 43.7 cm³/mol. The molecule has 54 valence electrons. The average Bonchev–Trinajstić information content (AvgIpc) is 1.63. The Morgan fingerprint density at radius 3 is 2.44 bits per heavy atom. The van der Waals surface area contributed by atoms with Gasteiger partial charge in [0.1, 0.15) is 0 Å². The predicted octanol–water partition coefficient (Wildman–Crippen LogP) is 2.40. The second kappa shape index (κ2) is 4.74. The summed E-state index contributed by atoms with van der Waals surface area (Å²) in [5.74, 6) is 0.708. The Morgan fingerprint density at radius 1 is 1.56 bits per heavy atom. The van der Waals surface area contributed by atoms with E-state index in [-0.39, 0.29) is 0 Å². The summed E-state index contributed by atoms with van der Waals surface area (Å²) in [6.07, 6.45) is 1.09. The minimum absolute atomic E-state index is 0.649. The third kappa shape index (κ3) is 7.89. The van der Waals surface area contributed by atoms with Crippen molar-refractivity contribution in [3.05, 3.63) is 0 Å². The number of hydrogen-bond acceptors (Lipinski definition) is 2. The van der Waals surface area contributed by atoms with Gasteiger partial charge >= 0.3 is 0 Å². The van der Waals surface area contributed by atoms with Crippen LogP contribution in [0.3, 0.4) is 0 Å². The maximum absolute atomic E-state index is 5.08. The van der Waals surface area contributed by atoms with E-state index in [1.165, 1.54) is 0 Å². The van der Waals surface area contributed by atoms with E-state index in [1.54, 1.807) is 6.92 Å². The monoisotopic (exact) mass is 146 g/mol. The second-order valence-corrected chi connectivity index (χ2v) is 3.10. The van der Waals surface area contributed by atoms with Crippen LogP contribution in [0.25, 0.3) is 0 Å². The Balaban J connectivity index is 3.01. The highest BCUT2D eigenvalue weighted by molar-refractivity contribution is 7.80. The molecule has 0 spiro atoms. The summed E-state index contributed by atoms with van der Waals surface area (Å²) >= 11 is 4.73. The standard InChI is InChI=1S/C7H14OS/c1-6(2)4-5-8-7(3)9/h6H,4-5H2,1-3H3. The Hall–Kier alpha value is -0.110. The largest absolute Gasteiger partial charge is 0.487 e. The molecule has 0 rings (SSSR count). The van der Waals surface area contributed by atoms with Crippen molar-refractivity contribution in [2.75, 3.05) is 6.61 Å². The van der Waals surface area contributed by atoms with Crippen molar-refractivity contribution in [1.29, 1.82) is 0 Å². The Bertz CT molecular complexity index is 88.9. The molecule has 0 heterocycles. The first-order valence-corrected chi connectivity index (χ1v) is 3.67. The van der Waals surface area contributed by atoms with Gasteiger partial charge < -0.3 is 4.74 Å². The topological polar surface area (TPSA) is 9.23 Å². The lowest BCUT2D eigenvalue weighted by molar-refractivity contribution is 0.282. The fourth-order valence-corrected chi connectivity index (χ4v) is 0.522. The van der Waals surface area contributed by atoms with Crippen molar-refractivity contribution in [3.8, 4) is 0 Å². The molecule has 0 bridgehead atoms. The molecule has 0 amide bonds. The number of hydrogen-bond donors (Lipinski definition) is 0. The zero-order valence-electron chi connectivity index (χ0n) is 6.31. The van der Waals surface area contributed by atoms with Gasteiger partial charge in [0, 0.05) is 6.92 Å². The molecule has 0 aliphatic heterocycles. The normalized spacial score (nSPS) is 9.78. The summed E-state index contributed by atoms with van der Waals surface area (Å²) in [7, 11) is 0. The first kappa shape index (κ1) is 8.89. The second-order valence-electron chi connectivity index (χ2n) is 2.52. The smallest absolute Gasteiger partial charge is 0.156 e. The molecule has 0 atom stereocenters. The van der Waals surface area contributed by atoms with Gasteiger partial charge in [0.2, 0.25) is 0 Å². The van der Waals surface area contributed by atoms with E-state index in [2.05, 4.69) is 13.8 Å². The SMILES string of the molecule is CC(=S)OCCC(C)C. The van der Waals surface area contributed by atoms with E-state index in [0.29, 0.717) is 11.0 Å². The van der Waals surface area contributed by atoms with E-state index in [1.807, 2.05) is 0 Å². The van der Waals surface area contributed by atoms with Crippen LogP contribution in [0.4, 0.5) is 0 Å². The average molecular weight is 146 g/mol. The van der Waals surface area contributed by atoms with Gasteiger partial charge in [0.15, 0.2) is 5.05 Å². The van der Waals surface area contributed by atoms with Crippen LogP contribution in [-0.4, -0.2) is 11.7 Å². The molecule has 0 unspecified atom stereocenters. The third-order valence-corrected chi connectivity index (χ3v) is 1.12. The molecule has 0 aliphatic rings. The molecule has 0 aromatic heterocycles. The van der Waals surface area contributed by atoms with Gasteiger partial charge in [-0.05, 0) is 24.6 Å². The van der Waals surface area contributed by atoms with Crippen LogP contribution in [0.15, 0.2) is 0 Å². The zero-order valence-corrected chi connectivity index (χ0v) is 7.12. The lowest BCUT2D eigenvalue weighted by atomic mass is 10.1. The molecule has 0 saturated heterocycles. The first-order chi connectivity index (χ1) is 4.13. The maximum atomic E-state index is 5.08. The fraction of sp³-hybridized carbons (Fsp3) is 0.857. The molecule has 0 aromatic carbocycles. The molecular weight excluding hydrogens is 132 g/mol.